The van der Waals surface area contributed by atoms with Gasteiger partial charge in [-0.15, -0.1) is 11.3 Å². The van der Waals surface area contributed by atoms with Crippen LogP contribution in [0.4, 0.5) is 0 Å². The lowest BCUT2D eigenvalue weighted by Gasteiger charge is -1.87. The summed E-state index contributed by atoms with van der Waals surface area (Å²) in [5.74, 6) is 0. The van der Waals surface area contributed by atoms with Crippen LogP contribution in [0.3, 0.4) is 0 Å². The number of thiazole rings is 1. The van der Waals surface area contributed by atoms with Gasteiger partial charge >= 0.3 is 0 Å². The Balaban J connectivity index is 3.55. The number of H-pyrrole nitrogens is 1. The molecule has 0 saturated carbocycles. The van der Waals surface area contributed by atoms with Crippen LogP contribution in [0.1, 0.15) is 13.8 Å². The molecule has 1 N–H and O–H groups in total. The summed E-state index contributed by atoms with van der Waals surface area (Å²) < 4.78 is 0.770. The third-order valence-electron chi connectivity index (χ3n) is 2.10. The van der Waals surface area contributed by atoms with Crippen LogP contribution < -0.4 is 14.8 Å². The average Bonchev–Trinajstić information content (AvgIpc) is 2.72. The van der Waals surface area contributed by atoms with Crippen LogP contribution in [0.15, 0.2) is 28.6 Å². The highest BCUT2D eigenvalue weighted by atomic mass is 32.1. The molecule has 1 aromatic rings. The van der Waals surface area contributed by atoms with Crippen molar-refractivity contribution in [3.05, 3.63) is 43.4 Å². The van der Waals surface area contributed by atoms with E-state index in [2.05, 4.69) is 4.98 Å². The summed E-state index contributed by atoms with van der Waals surface area (Å²) in [6.07, 6.45) is 7.34. The molecule has 0 aliphatic heterocycles. The Morgan fingerprint density at radius 3 is 2.50 bits per heavy atom. The molecule has 4 nitrogen and oxygen atoms in total. The van der Waals surface area contributed by atoms with E-state index in [1.54, 1.807) is 18.2 Å². The molecule has 5 heteroatoms. The van der Waals surface area contributed by atoms with Gasteiger partial charge in [0.1, 0.15) is 16.8 Å². The van der Waals surface area contributed by atoms with Crippen molar-refractivity contribution in [1.29, 1.82) is 10.5 Å². The Morgan fingerprint density at radius 1 is 1.33 bits per heavy atom. The van der Waals surface area contributed by atoms with E-state index in [1.807, 2.05) is 32.1 Å². The van der Waals surface area contributed by atoms with Crippen molar-refractivity contribution >= 4 is 23.0 Å². The van der Waals surface area contributed by atoms with Gasteiger partial charge in [0.2, 0.25) is 0 Å². The molecule has 0 amide bonds. The van der Waals surface area contributed by atoms with E-state index < -0.39 is 0 Å². The number of allylic oxidation sites excluding steroid dienone is 4. The van der Waals surface area contributed by atoms with E-state index in [0.29, 0.717) is 9.20 Å². The van der Waals surface area contributed by atoms with Crippen LogP contribution in [0.2, 0.25) is 0 Å². The maximum atomic E-state index is 11.7. The van der Waals surface area contributed by atoms with Gasteiger partial charge < -0.3 is 4.98 Å². The molecule has 0 fully saturated rings. The van der Waals surface area contributed by atoms with Crippen molar-refractivity contribution in [2.24, 2.45) is 0 Å². The van der Waals surface area contributed by atoms with Gasteiger partial charge in [0.25, 0.3) is 5.56 Å². The van der Waals surface area contributed by atoms with E-state index in [9.17, 15) is 4.79 Å². The second-order valence-corrected chi connectivity index (χ2v) is 4.33. The first-order valence-electron chi connectivity index (χ1n) is 5.20. The minimum atomic E-state index is -0.290. The summed E-state index contributed by atoms with van der Waals surface area (Å²) in [7, 11) is 0. The second-order valence-electron chi connectivity index (χ2n) is 3.28. The molecule has 0 aromatic carbocycles. The molecule has 1 heterocycles. The number of nitrogens with zero attached hydrogens (tertiary/aromatic N) is 2. The van der Waals surface area contributed by atoms with Crippen molar-refractivity contribution in [2.75, 3.05) is 0 Å². The minimum absolute atomic E-state index is 0.0789. The molecule has 0 saturated heterocycles. The van der Waals surface area contributed by atoms with Crippen LogP contribution in [-0.2, 0) is 0 Å². The maximum absolute atomic E-state index is 11.7. The third kappa shape index (κ3) is 3.07. The van der Waals surface area contributed by atoms with Crippen LogP contribution in [0.5, 0.6) is 0 Å². The molecular weight excluding hydrogens is 246 g/mol. The first-order chi connectivity index (χ1) is 8.65. The number of nitrogens with one attached hydrogen (secondary N) is 1. The number of hydrogen-bond donors (Lipinski definition) is 1. The number of hydrogen-bond acceptors (Lipinski definition) is 4. The number of aromatic amines is 1. The van der Waals surface area contributed by atoms with Gasteiger partial charge in [0.15, 0.2) is 5.57 Å². The summed E-state index contributed by atoms with van der Waals surface area (Å²) >= 11 is 1.11. The summed E-state index contributed by atoms with van der Waals surface area (Å²) in [5.41, 5.74) is 0.526. The van der Waals surface area contributed by atoms with Gasteiger partial charge in [-0.3, -0.25) is 4.79 Å². The van der Waals surface area contributed by atoms with Crippen molar-refractivity contribution < 1.29 is 0 Å². The molecule has 0 aliphatic carbocycles. The molecule has 0 aliphatic rings. The summed E-state index contributed by atoms with van der Waals surface area (Å²) in [6, 6.07) is 3.51. The predicted octanol–water partition coefficient (Wildman–Crippen LogP) is 0.937. The largest absolute Gasteiger partial charge is 0.311 e. The summed E-state index contributed by atoms with van der Waals surface area (Å²) in [5, 5.41) is 17.5. The quantitative estimate of drug-likeness (QED) is 0.800. The molecular formula is C13H11N3OS. The molecule has 18 heavy (non-hydrogen) atoms. The Bertz CT molecular complexity index is 732. The molecule has 90 valence electrons. The van der Waals surface area contributed by atoms with E-state index in [4.69, 9.17) is 10.5 Å². The minimum Gasteiger partial charge on any atom is -0.311 e. The topological polar surface area (TPSA) is 80.4 Å². The number of rotatable bonds is 2. The van der Waals surface area contributed by atoms with Crippen molar-refractivity contribution in [3.8, 4) is 12.1 Å². The lowest BCUT2D eigenvalue weighted by Crippen LogP contribution is -2.20. The highest BCUT2D eigenvalue weighted by Gasteiger charge is 2.00. The van der Waals surface area contributed by atoms with Crippen molar-refractivity contribution in [1.82, 2.24) is 4.98 Å². The second kappa shape index (κ2) is 6.39. The van der Waals surface area contributed by atoms with Gasteiger partial charge in [-0.05, 0) is 25.5 Å². The van der Waals surface area contributed by atoms with Crippen molar-refractivity contribution in [3.63, 3.8) is 0 Å². The van der Waals surface area contributed by atoms with Crippen molar-refractivity contribution in [2.45, 2.75) is 13.8 Å². The van der Waals surface area contributed by atoms with E-state index in [0.717, 1.165) is 16.9 Å². The van der Waals surface area contributed by atoms with Gasteiger partial charge in [0, 0.05) is 0 Å². The van der Waals surface area contributed by atoms with E-state index in [1.165, 1.54) is 0 Å². The Kier molecular flexibility index (Phi) is 4.86. The van der Waals surface area contributed by atoms with Crippen LogP contribution in [0.25, 0.3) is 11.6 Å². The monoisotopic (exact) mass is 257 g/mol. The molecule has 0 radical (unpaired) electrons. The zero-order valence-corrected chi connectivity index (χ0v) is 10.8. The SMILES string of the molecule is C/C=C/C(=C\C)/C=c1/sc(=C(C#N)C#N)[nH]c1=O. The highest BCUT2D eigenvalue weighted by molar-refractivity contribution is 7.07. The lowest BCUT2D eigenvalue weighted by molar-refractivity contribution is 1.25. The zero-order valence-electron chi connectivity index (χ0n) is 10.0. The van der Waals surface area contributed by atoms with Crippen LogP contribution in [0, 0.1) is 22.7 Å². The molecule has 0 unspecified atom stereocenters. The van der Waals surface area contributed by atoms with Gasteiger partial charge in [-0.25, -0.2) is 0 Å². The normalized spacial score (nSPS) is 12.4. The maximum Gasteiger partial charge on any atom is 0.266 e. The van der Waals surface area contributed by atoms with Crippen LogP contribution >= 0.6 is 11.3 Å². The summed E-state index contributed by atoms with van der Waals surface area (Å²) in [6.45, 7) is 3.76. The lowest BCUT2D eigenvalue weighted by atomic mass is 10.2. The van der Waals surface area contributed by atoms with E-state index >= 15 is 0 Å². The molecule has 0 atom stereocenters. The van der Waals surface area contributed by atoms with E-state index in [-0.39, 0.29) is 11.1 Å². The Morgan fingerprint density at radius 2 is 2.00 bits per heavy atom. The number of aromatic nitrogens is 1. The fraction of sp³-hybridized carbons (Fsp3) is 0.154. The smallest absolute Gasteiger partial charge is 0.266 e. The van der Waals surface area contributed by atoms with Crippen LogP contribution in [-0.4, -0.2) is 4.98 Å². The number of nitriles is 2. The highest BCUT2D eigenvalue weighted by Crippen LogP contribution is 1.98. The third-order valence-corrected chi connectivity index (χ3v) is 3.14. The Labute approximate surface area is 108 Å². The molecule has 1 aromatic heterocycles. The van der Waals surface area contributed by atoms with Gasteiger partial charge in [0.05, 0.1) is 4.53 Å². The Hall–Kier alpha value is -2.37. The standard InChI is InChI=1S/C13H11N3OS/c1-3-5-9(4-2)6-11-12(17)16-13(18-11)10(7-14)8-15/h3-6H,1-2H3,(H,16,17)/b5-3+,9-4+,11-6+. The average molecular weight is 257 g/mol. The fourth-order valence-electron chi connectivity index (χ4n) is 1.25. The predicted molar refractivity (Wildman–Crippen MR) is 71.9 cm³/mol. The first kappa shape index (κ1) is 13.7. The van der Waals surface area contributed by atoms with Gasteiger partial charge in [-0.2, -0.15) is 10.5 Å². The molecule has 0 bridgehead atoms. The summed E-state index contributed by atoms with van der Waals surface area (Å²) in [4.78, 5) is 14.2. The first-order valence-corrected chi connectivity index (χ1v) is 6.02. The fourth-order valence-corrected chi connectivity index (χ4v) is 2.15. The van der Waals surface area contributed by atoms with Gasteiger partial charge in [-0.1, -0.05) is 18.2 Å². The zero-order chi connectivity index (χ0) is 13.5. The molecule has 0 spiro atoms. The molecule has 1 rings (SSSR count).